The second kappa shape index (κ2) is 5.47. The van der Waals surface area contributed by atoms with Crippen molar-refractivity contribution in [1.29, 1.82) is 0 Å². The van der Waals surface area contributed by atoms with Gasteiger partial charge in [0.25, 0.3) is 0 Å². The van der Waals surface area contributed by atoms with Gasteiger partial charge in [-0.15, -0.1) is 0 Å². The van der Waals surface area contributed by atoms with Crippen molar-refractivity contribution in [3.8, 4) is 0 Å². The fourth-order valence-corrected chi connectivity index (χ4v) is 2.15. The average molecular weight is 254 g/mol. The largest absolute Gasteiger partial charge is 0.323 e. The maximum atomic E-state index is 11.8. The smallest absolute Gasteiger partial charge is 0.226 e. The van der Waals surface area contributed by atoms with Crippen molar-refractivity contribution in [2.75, 3.05) is 11.9 Å². The highest BCUT2D eigenvalue weighted by molar-refractivity contribution is 6.32. The summed E-state index contributed by atoms with van der Waals surface area (Å²) in [5, 5.41) is 6.43. The van der Waals surface area contributed by atoms with E-state index in [9.17, 15) is 4.79 Å². The van der Waals surface area contributed by atoms with Crippen LogP contribution in [0.15, 0.2) is 12.3 Å². The van der Waals surface area contributed by atoms with E-state index in [4.69, 9.17) is 11.6 Å². The van der Waals surface area contributed by atoms with Gasteiger partial charge < -0.3 is 10.6 Å². The number of nitrogens with zero attached hydrogens (tertiary/aromatic N) is 1. The molecule has 0 bridgehead atoms. The van der Waals surface area contributed by atoms with Gasteiger partial charge in [-0.25, -0.2) is 4.98 Å². The van der Waals surface area contributed by atoms with Crippen molar-refractivity contribution < 1.29 is 4.79 Å². The topological polar surface area (TPSA) is 54.0 Å². The van der Waals surface area contributed by atoms with Crippen LogP contribution >= 0.6 is 11.6 Å². The SMILES string of the molecule is Cc1cnc(Cl)c(NC(=O)CC2CCCN2)c1. The highest BCUT2D eigenvalue weighted by atomic mass is 35.5. The number of anilines is 1. The van der Waals surface area contributed by atoms with Crippen molar-refractivity contribution in [3.63, 3.8) is 0 Å². The normalized spacial score (nSPS) is 19.3. The molecule has 1 fully saturated rings. The lowest BCUT2D eigenvalue weighted by Gasteiger charge is -2.11. The van der Waals surface area contributed by atoms with E-state index in [1.807, 2.05) is 13.0 Å². The van der Waals surface area contributed by atoms with Gasteiger partial charge in [0.2, 0.25) is 5.91 Å². The number of hydrogen-bond donors (Lipinski definition) is 2. The number of carbonyl (C=O) groups excluding carboxylic acids is 1. The van der Waals surface area contributed by atoms with Gasteiger partial charge in [0, 0.05) is 18.7 Å². The molecule has 1 aliphatic rings. The minimum absolute atomic E-state index is 0.0151. The van der Waals surface area contributed by atoms with Gasteiger partial charge in [0.1, 0.15) is 0 Å². The first-order valence-corrected chi connectivity index (χ1v) is 6.18. The lowest BCUT2D eigenvalue weighted by Crippen LogP contribution is -2.27. The summed E-state index contributed by atoms with van der Waals surface area (Å²) in [6.07, 6.45) is 4.37. The van der Waals surface area contributed by atoms with E-state index >= 15 is 0 Å². The van der Waals surface area contributed by atoms with Gasteiger partial charge in [-0.05, 0) is 37.9 Å². The summed E-state index contributed by atoms with van der Waals surface area (Å²) in [6, 6.07) is 2.13. The number of rotatable bonds is 3. The first kappa shape index (κ1) is 12.3. The fourth-order valence-electron chi connectivity index (χ4n) is 2.00. The van der Waals surface area contributed by atoms with Gasteiger partial charge in [-0.1, -0.05) is 11.6 Å². The van der Waals surface area contributed by atoms with E-state index in [0.717, 1.165) is 24.9 Å². The number of aryl methyl sites for hydroxylation is 1. The summed E-state index contributed by atoms with van der Waals surface area (Å²) in [5.74, 6) is -0.0151. The number of nitrogens with one attached hydrogen (secondary N) is 2. The van der Waals surface area contributed by atoms with Gasteiger partial charge in [0.15, 0.2) is 5.15 Å². The molecule has 2 rings (SSSR count). The Labute approximate surface area is 106 Å². The third-order valence-electron chi connectivity index (χ3n) is 2.84. The van der Waals surface area contributed by atoms with Crippen LogP contribution in [0.2, 0.25) is 5.15 Å². The Hall–Kier alpha value is -1.13. The molecule has 2 heterocycles. The van der Waals surface area contributed by atoms with E-state index in [1.54, 1.807) is 6.20 Å². The van der Waals surface area contributed by atoms with Crippen LogP contribution in [-0.2, 0) is 4.79 Å². The number of pyridine rings is 1. The third kappa shape index (κ3) is 3.41. The number of hydrogen-bond acceptors (Lipinski definition) is 3. The average Bonchev–Trinajstić information content (AvgIpc) is 2.76. The molecule has 1 saturated heterocycles. The highest BCUT2D eigenvalue weighted by Crippen LogP contribution is 2.20. The monoisotopic (exact) mass is 253 g/mol. The van der Waals surface area contributed by atoms with Gasteiger partial charge in [0.05, 0.1) is 5.69 Å². The molecule has 5 heteroatoms. The lowest BCUT2D eigenvalue weighted by atomic mass is 10.1. The molecule has 0 radical (unpaired) electrons. The molecule has 1 unspecified atom stereocenters. The Morgan fingerprint density at radius 3 is 3.24 bits per heavy atom. The molecule has 1 aromatic rings. The molecular formula is C12H16ClN3O. The molecule has 92 valence electrons. The molecule has 1 amide bonds. The van der Waals surface area contributed by atoms with Crippen LogP contribution in [0.3, 0.4) is 0 Å². The zero-order valence-corrected chi connectivity index (χ0v) is 10.5. The number of aromatic nitrogens is 1. The van der Waals surface area contributed by atoms with E-state index in [0.29, 0.717) is 23.3 Å². The molecule has 0 aliphatic carbocycles. The second-order valence-electron chi connectivity index (χ2n) is 4.40. The van der Waals surface area contributed by atoms with Crippen LogP contribution in [0.1, 0.15) is 24.8 Å². The molecule has 0 spiro atoms. The fraction of sp³-hybridized carbons (Fsp3) is 0.500. The predicted octanol–water partition coefficient (Wildman–Crippen LogP) is 2.12. The van der Waals surface area contributed by atoms with Crippen LogP contribution in [0.5, 0.6) is 0 Å². The number of halogens is 1. The van der Waals surface area contributed by atoms with Crippen LogP contribution in [0, 0.1) is 6.92 Å². The van der Waals surface area contributed by atoms with E-state index in [1.165, 1.54) is 0 Å². The molecule has 1 aromatic heterocycles. The Morgan fingerprint density at radius 1 is 1.71 bits per heavy atom. The Balaban J connectivity index is 1.95. The third-order valence-corrected chi connectivity index (χ3v) is 3.15. The van der Waals surface area contributed by atoms with E-state index in [-0.39, 0.29) is 5.91 Å². The number of carbonyl (C=O) groups is 1. The Morgan fingerprint density at radius 2 is 2.53 bits per heavy atom. The second-order valence-corrected chi connectivity index (χ2v) is 4.75. The molecule has 4 nitrogen and oxygen atoms in total. The van der Waals surface area contributed by atoms with Crippen LogP contribution in [0.4, 0.5) is 5.69 Å². The molecule has 0 saturated carbocycles. The predicted molar refractivity (Wildman–Crippen MR) is 68.3 cm³/mol. The molecule has 1 atom stereocenters. The summed E-state index contributed by atoms with van der Waals surface area (Å²) in [4.78, 5) is 15.8. The zero-order chi connectivity index (χ0) is 12.3. The quantitative estimate of drug-likeness (QED) is 0.812. The first-order valence-electron chi connectivity index (χ1n) is 5.80. The molecular weight excluding hydrogens is 238 g/mol. The minimum Gasteiger partial charge on any atom is -0.323 e. The molecule has 17 heavy (non-hydrogen) atoms. The Kier molecular flexibility index (Phi) is 3.97. The van der Waals surface area contributed by atoms with E-state index < -0.39 is 0 Å². The van der Waals surface area contributed by atoms with Gasteiger partial charge >= 0.3 is 0 Å². The van der Waals surface area contributed by atoms with Crippen molar-refractivity contribution in [2.24, 2.45) is 0 Å². The highest BCUT2D eigenvalue weighted by Gasteiger charge is 2.18. The lowest BCUT2D eigenvalue weighted by molar-refractivity contribution is -0.116. The summed E-state index contributed by atoms with van der Waals surface area (Å²) >= 11 is 5.92. The first-order chi connectivity index (χ1) is 8.15. The summed E-state index contributed by atoms with van der Waals surface area (Å²) in [7, 11) is 0. The molecule has 2 N–H and O–H groups in total. The van der Waals surface area contributed by atoms with Crippen LogP contribution in [0.25, 0.3) is 0 Å². The molecule has 1 aliphatic heterocycles. The zero-order valence-electron chi connectivity index (χ0n) is 9.79. The van der Waals surface area contributed by atoms with Crippen LogP contribution < -0.4 is 10.6 Å². The summed E-state index contributed by atoms with van der Waals surface area (Å²) < 4.78 is 0. The summed E-state index contributed by atoms with van der Waals surface area (Å²) in [5.41, 5.74) is 1.57. The van der Waals surface area contributed by atoms with Gasteiger partial charge in [-0.2, -0.15) is 0 Å². The molecule has 0 aromatic carbocycles. The van der Waals surface area contributed by atoms with Crippen molar-refractivity contribution in [3.05, 3.63) is 23.0 Å². The van der Waals surface area contributed by atoms with Gasteiger partial charge in [-0.3, -0.25) is 4.79 Å². The van der Waals surface area contributed by atoms with Crippen LogP contribution in [-0.4, -0.2) is 23.5 Å². The maximum Gasteiger partial charge on any atom is 0.226 e. The number of amides is 1. The minimum atomic E-state index is -0.0151. The Bertz CT molecular complexity index is 416. The summed E-state index contributed by atoms with van der Waals surface area (Å²) in [6.45, 7) is 2.92. The van der Waals surface area contributed by atoms with E-state index in [2.05, 4.69) is 15.6 Å². The van der Waals surface area contributed by atoms with Crippen molar-refractivity contribution in [2.45, 2.75) is 32.2 Å². The standard InChI is InChI=1S/C12H16ClN3O/c1-8-5-10(12(13)15-7-8)16-11(17)6-9-3-2-4-14-9/h5,7,9,14H,2-4,6H2,1H3,(H,16,17). The van der Waals surface area contributed by atoms with Crippen molar-refractivity contribution >= 4 is 23.2 Å². The maximum absolute atomic E-state index is 11.8. The van der Waals surface area contributed by atoms with Crippen molar-refractivity contribution in [1.82, 2.24) is 10.3 Å².